The molecule has 3 aromatic rings. The number of para-hydroxylation sites is 2. The molecule has 5 nitrogen and oxygen atoms in total. The van der Waals surface area contributed by atoms with Crippen LogP contribution in [0.15, 0.2) is 53.7 Å². The highest BCUT2D eigenvalue weighted by atomic mass is 32.2. The molecule has 1 unspecified atom stereocenters. The third-order valence-electron chi connectivity index (χ3n) is 3.93. The van der Waals surface area contributed by atoms with Gasteiger partial charge in [-0.25, -0.2) is 4.98 Å². The van der Waals surface area contributed by atoms with Crippen LogP contribution >= 0.6 is 11.8 Å². The van der Waals surface area contributed by atoms with Gasteiger partial charge in [0.05, 0.1) is 23.4 Å². The summed E-state index contributed by atoms with van der Waals surface area (Å²) in [7, 11) is 5.19. The Morgan fingerprint density at radius 1 is 1.16 bits per heavy atom. The van der Waals surface area contributed by atoms with Crippen LogP contribution in [-0.4, -0.2) is 46.8 Å². The average molecular weight is 355 g/mol. The summed E-state index contributed by atoms with van der Waals surface area (Å²) in [5, 5.41) is 0.581. The van der Waals surface area contributed by atoms with Gasteiger partial charge in [-0.15, -0.1) is 0 Å². The smallest absolute Gasteiger partial charge is 0.235 e. The summed E-state index contributed by atoms with van der Waals surface area (Å²) in [5.41, 5.74) is 2.91. The molecule has 0 aliphatic rings. The van der Waals surface area contributed by atoms with Crippen molar-refractivity contribution in [1.29, 1.82) is 0 Å². The molecule has 1 aromatic heterocycles. The Bertz CT molecular complexity index is 887. The van der Waals surface area contributed by atoms with Gasteiger partial charge in [0.1, 0.15) is 5.75 Å². The van der Waals surface area contributed by atoms with Crippen molar-refractivity contribution < 1.29 is 9.53 Å². The summed E-state index contributed by atoms with van der Waals surface area (Å²) in [6.07, 6.45) is 0. The van der Waals surface area contributed by atoms with E-state index in [1.54, 1.807) is 26.1 Å². The number of nitrogens with zero attached hydrogens (tertiary/aromatic N) is 3. The van der Waals surface area contributed by atoms with E-state index in [0.717, 1.165) is 27.6 Å². The molecule has 0 N–H and O–H groups in total. The van der Waals surface area contributed by atoms with Crippen molar-refractivity contribution >= 4 is 28.7 Å². The minimum absolute atomic E-state index is 0.0679. The van der Waals surface area contributed by atoms with Crippen LogP contribution in [-0.2, 0) is 4.79 Å². The Morgan fingerprint density at radius 2 is 1.84 bits per heavy atom. The molecule has 0 bridgehead atoms. The van der Waals surface area contributed by atoms with Crippen LogP contribution in [0.5, 0.6) is 5.75 Å². The molecule has 0 spiro atoms. The predicted molar refractivity (Wildman–Crippen MR) is 102 cm³/mol. The second-order valence-corrected chi connectivity index (χ2v) is 7.22. The molecule has 130 valence electrons. The summed E-state index contributed by atoms with van der Waals surface area (Å²) in [6, 6.07) is 15.8. The number of aromatic nitrogens is 2. The highest BCUT2D eigenvalue weighted by molar-refractivity contribution is 8.00. The summed E-state index contributed by atoms with van der Waals surface area (Å²) in [6.45, 7) is 1.91. The van der Waals surface area contributed by atoms with Crippen LogP contribution in [0.3, 0.4) is 0 Å². The Hall–Kier alpha value is -2.47. The number of ether oxygens (including phenoxy) is 1. The van der Waals surface area contributed by atoms with Gasteiger partial charge < -0.3 is 9.64 Å². The predicted octanol–water partition coefficient (Wildman–Crippen LogP) is 3.60. The van der Waals surface area contributed by atoms with Crippen LogP contribution in [0.1, 0.15) is 6.92 Å². The highest BCUT2D eigenvalue weighted by Gasteiger charge is 2.21. The molecule has 0 aliphatic carbocycles. The largest absolute Gasteiger partial charge is 0.497 e. The maximum Gasteiger partial charge on any atom is 0.235 e. The van der Waals surface area contributed by atoms with Crippen LogP contribution in [0, 0.1) is 0 Å². The third kappa shape index (κ3) is 3.49. The number of benzene rings is 2. The second-order valence-electron chi connectivity index (χ2n) is 5.91. The molecule has 6 heteroatoms. The maximum absolute atomic E-state index is 12.2. The highest BCUT2D eigenvalue weighted by Crippen LogP contribution is 2.31. The van der Waals surface area contributed by atoms with Gasteiger partial charge in [-0.05, 0) is 43.3 Å². The van der Waals surface area contributed by atoms with Crippen LogP contribution in [0.25, 0.3) is 16.7 Å². The number of imidazole rings is 1. The van der Waals surface area contributed by atoms with Crippen molar-refractivity contribution in [1.82, 2.24) is 14.5 Å². The topological polar surface area (TPSA) is 47.4 Å². The van der Waals surface area contributed by atoms with Crippen molar-refractivity contribution in [3.63, 3.8) is 0 Å². The van der Waals surface area contributed by atoms with Gasteiger partial charge in [-0.2, -0.15) is 0 Å². The van der Waals surface area contributed by atoms with E-state index in [1.807, 2.05) is 55.5 Å². The first kappa shape index (κ1) is 17.4. The number of hydrogen-bond acceptors (Lipinski definition) is 4. The van der Waals surface area contributed by atoms with Gasteiger partial charge in [0.25, 0.3) is 0 Å². The SMILES string of the molecule is COc1ccc(-n2c(SC(C)C(=O)N(C)C)nc3ccccc32)cc1. The van der Waals surface area contributed by atoms with Gasteiger partial charge >= 0.3 is 0 Å². The Labute approximate surface area is 151 Å². The lowest BCUT2D eigenvalue weighted by molar-refractivity contribution is -0.127. The molecule has 1 amide bonds. The molecule has 25 heavy (non-hydrogen) atoms. The molecule has 1 atom stereocenters. The minimum atomic E-state index is -0.219. The molecule has 0 radical (unpaired) electrons. The molecular weight excluding hydrogens is 334 g/mol. The first-order valence-electron chi connectivity index (χ1n) is 8.01. The van der Waals surface area contributed by atoms with E-state index < -0.39 is 0 Å². The number of methoxy groups -OCH3 is 1. The van der Waals surface area contributed by atoms with Gasteiger partial charge in [0.2, 0.25) is 5.91 Å². The minimum Gasteiger partial charge on any atom is -0.497 e. The van der Waals surface area contributed by atoms with Gasteiger partial charge in [-0.1, -0.05) is 23.9 Å². The first-order chi connectivity index (χ1) is 12.0. The molecule has 0 saturated carbocycles. The average Bonchev–Trinajstić information content (AvgIpc) is 2.98. The number of rotatable bonds is 5. The molecule has 0 saturated heterocycles. The number of thioether (sulfide) groups is 1. The van der Waals surface area contributed by atoms with Crippen molar-refractivity contribution in [3.05, 3.63) is 48.5 Å². The molecule has 0 aliphatic heterocycles. The number of fused-ring (bicyclic) bond motifs is 1. The van der Waals surface area contributed by atoms with Gasteiger partial charge in [0.15, 0.2) is 5.16 Å². The Balaban J connectivity index is 2.07. The Morgan fingerprint density at radius 3 is 2.48 bits per heavy atom. The summed E-state index contributed by atoms with van der Waals surface area (Å²) in [5.74, 6) is 0.872. The van der Waals surface area contributed by atoms with Crippen molar-refractivity contribution in [2.45, 2.75) is 17.3 Å². The van der Waals surface area contributed by atoms with E-state index in [0.29, 0.717) is 0 Å². The number of carbonyl (C=O) groups is 1. The van der Waals surface area contributed by atoms with E-state index in [2.05, 4.69) is 4.57 Å². The van der Waals surface area contributed by atoms with Crippen molar-refractivity contribution in [2.24, 2.45) is 0 Å². The fourth-order valence-electron chi connectivity index (χ4n) is 2.64. The fraction of sp³-hybridized carbons (Fsp3) is 0.263. The molecule has 2 aromatic carbocycles. The zero-order valence-corrected chi connectivity index (χ0v) is 15.6. The lowest BCUT2D eigenvalue weighted by Crippen LogP contribution is -2.29. The summed E-state index contributed by atoms with van der Waals surface area (Å²) < 4.78 is 7.33. The molecule has 3 rings (SSSR count). The second kappa shape index (κ2) is 7.19. The van der Waals surface area contributed by atoms with E-state index in [9.17, 15) is 4.79 Å². The summed E-state index contributed by atoms with van der Waals surface area (Å²) >= 11 is 1.47. The number of carbonyl (C=O) groups excluding carboxylic acids is 1. The van der Waals surface area contributed by atoms with Crippen LogP contribution in [0.2, 0.25) is 0 Å². The monoisotopic (exact) mass is 355 g/mol. The van der Waals surface area contributed by atoms with Crippen molar-refractivity contribution in [3.8, 4) is 11.4 Å². The van der Waals surface area contributed by atoms with E-state index >= 15 is 0 Å². The zero-order valence-electron chi connectivity index (χ0n) is 14.8. The first-order valence-corrected chi connectivity index (χ1v) is 8.89. The van der Waals surface area contributed by atoms with E-state index in [4.69, 9.17) is 9.72 Å². The van der Waals surface area contributed by atoms with Crippen LogP contribution < -0.4 is 4.74 Å². The maximum atomic E-state index is 12.2. The molecule has 0 fully saturated rings. The van der Waals surface area contributed by atoms with Crippen molar-refractivity contribution in [2.75, 3.05) is 21.2 Å². The normalized spacial score (nSPS) is 12.2. The lowest BCUT2D eigenvalue weighted by Gasteiger charge is -2.17. The number of amides is 1. The van der Waals surface area contributed by atoms with E-state index in [-0.39, 0.29) is 11.2 Å². The van der Waals surface area contributed by atoms with Crippen LogP contribution in [0.4, 0.5) is 0 Å². The standard InChI is InChI=1S/C19H21N3O2S/c1-13(18(23)21(2)3)25-19-20-16-7-5-6-8-17(16)22(19)14-9-11-15(24-4)12-10-14/h5-13H,1-4H3. The quantitative estimate of drug-likeness (QED) is 0.656. The lowest BCUT2D eigenvalue weighted by atomic mass is 10.2. The van der Waals surface area contributed by atoms with Gasteiger partial charge in [0, 0.05) is 19.8 Å². The fourth-order valence-corrected chi connectivity index (χ4v) is 3.72. The zero-order chi connectivity index (χ0) is 18.0. The molecular formula is C19H21N3O2S. The van der Waals surface area contributed by atoms with E-state index in [1.165, 1.54) is 11.8 Å². The Kier molecular flexibility index (Phi) is 4.99. The van der Waals surface area contributed by atoms with Gasteiger partial charge in [-0.3, -0.25) is 9.36 Å². The molecule has 1 heterocycles. The third-order valence-corrected chi connectivity index (χ3v) is 4.97. The summed E-state index contributed by atoms with van der Waals surface area (Å²) in [4.78, 5) is 18.6. The number of hydrogen-bond donors (Lipinski definition) is 0.